The molecule has 2 aromatic carbocycles. The lowest BCUT2D eigenvalue weighted by Crippen LogP contribution is -2.06. The predicted octanol–water partition coefficient (Wildman–Crippen LogP) is 4.62. The molecule has 0 saturated carbocycles. The summed E-state index contributed by atoms with van der Waals surface area (Å²) in [6, 6.07) is 18.0. The summed E-state index contributed by atoms with van der Waals surface area (Å²) in [4.78, 5) is 16.8. The maximum atomic E-state index is 12.4. The summed E-state index contributed by atoms with van der Waals surface area (Å²) in [7, 11) is 1.37. The number of nitrogens with zero attached hydrogens (tertiary/aromatic N) is 1. The number of rotatable bonds is 3. The van der Waals surface area contributed by atoms with Crippen LogP contribution in [0, 0.1) is 0 Å². The van der Waals surface area contributed by atoms with Gasteiger partial charge in [0.15, 0.2) is 0 Å². The lowest BCUT2D eigenvalue weighted by Gasteiger charge is -2.17. The number of phenols is 1. The number of phenolic OH excluding ortho intramolecular Hbond substituents is 1. The van der Waals surface area contributed by atoms with E-state index in [4.69, 9.17) is 9.15 Å². The van der Waals surface area contributed by atoms with Crippen molar-refractivity contribution in [1.29, 1.82) is 0 Å². The highest BCUT2D eigenvalue weighted by atomic mass is 16.5. The normalized spacial score (nSPS) is 11.9. The summed E-state index contributed by atoms with van der Waals surface area (Å²) >= 11 is 0. The maximum Gasteiger partial charge on any atom is 0.338 e. The fourth-order valence-corrected chi connectivity index (χ4v) is 3.43. The highest BCUT2D eigenvalue weighted by molar-refractivity contribution is 6.07. The van der Waals surface area contributed by atoms with Crippen LogP contribution in [0.25, 0.3) is 33.4 Å². The largest absolute Gasteiger partial charge is 0.508 e. The Balaban J connectivity index is 2.15. The molecular weight excluding hydrogens is 354 g/mol. The molecular formula is C23H19NO4. The molecule has 2 aliphatic rings. The first-order valence-corrected chi connectivity index (χ1v) is 9.00. The molecule has 1 heterocycles. The van der Waals surface area contributed by atoms with E-state index in [1.807, 2.05) is 37.3 Å². The van der Waals surface area contributed by atoms with E-state index in [9.17, 15) is 9.90 Å². The highest BCUT2D eigenvalue weighted by Gasteiger charge is 2.21. The molecule has 0 radical (unpaired) electrons. The van der Waals surface area contributed by atoms with Gasteiger partial charge in [0.1, 0.15) is 17.1 Å². The average Bonchev–Trinajstić information content (AvgIpc) is 2.71. The van der Waals surface area contributed by atoms with Crippen molar-refractivity contribution in [3.05, 3.63) is 71.6 Å². The van der Waals surface area contributed by atoms with Crippen molar-refractivity contribution in [2.75, 3.05) is 13.7 Å². The van der Waals surface area contributed by atoms with E-state index < -0.39 is 5.97 Å². The lowest BCUT2D eigenvalue weighted by molar-refractivity contribution is 0.0601. The van der Waals surface area contributed by atoms with Gasteiger partial charge in [-0.25, -0.2) is 4.79 Å². The van der Waals surface area contributed by atoms with Crippen LogP contribution in [0.5, 0.6) is 5.75 Å². The number of hydrogen-bond acceptors (Lipinski definition) is 5. The van der Waals surface area contributed by atoms with Gasteiger partial charge in [-0.15, -0.1) is 0 Å². The van der Waals surface area contributed by atoms with E-state index in [-0.39, 0.29) is 5.75 Å². The number of carbonyl (C=O) groups is 1. The standard InChI is InChI=1S/C23H19NO4/c1-3-24-14-8-10-18-20(12-14)28-21-13-15(25)9-11-19(21)22(18)16-6-4-5-7-17(16)23(26)27-2/h4-13,25H,3H2,1-2H3/b24-14+. The molecule has 0 bridgehead atoms. The molecule has 4 rings (SSSR count). The van der Waals surface area contributed by atoms with Crippen LogP contribution < -0.4 is 5.36 Å². The molecule has 1 N–H and O–H groups in total. The van der Waals surface area contributed by atoms with Gasteiger partial charge in [-0.05, 0) is 42.8 Å². The van der Waals surface area contributed by atoms with Crippen LogP contribution in [0.1, 0.15) is 17.3 Å². The Hall–Kier alpha value is -3.60. The molecule has 0 atom stereocenters. The van der Waals surface area contributed by atoms with Crippen molar-refractivity contribution in [1.82, 2.24) is 0 Å². The van der Waals surface area contributed by atoms with Crippen LogP contribution in [0.4, 0.5) is 0 Å². The van der Waals surface area contributed by atoms with Gasteiger partial charge in [-0.3, -0.25) is 4.99 Å². The van der Waals surface area contributed by atoms with Crippen molar-refractivity contribution in [3.8, 4) is 28.2 Å². The first kappa shape index (κ1) is 17.8. The monoisotopic (exact) mass is 373 g/mol. The second kappa shape index (κ2) is 7.19. The molecule has 0 saturated heterocycles. The number of carbonyl (C=O) groups excluding carboxylic acids is 1. The molecule has 5 heteroatoms. The average molecular weight is 373 g/mol. The zero-order chi connectivity index (χ0) is 19.7. The van der Waals surface area contributed by atoms with Crippen molar-refractivity contribution in [2.24, 2.45) is 4.99 Å². The van der Waals surface area contributed by atoms with E-state index in [2.05, 4.69) is 4.99 Å². The smallest absolute Gasteiger partial charge is 0.338 e. The molecule has 0 amide bonds. The molecule has 140 valence electrons. The van der Waals surface area contributed by atoms with Crippen LogP contribution in [0.2, 0.25) is 0 Å². The minimum absolute atomic E-state index is 0.109. The maximum absolute atomic E-state index is 12.4. The summed E-state index contributed by atoms with van der Waals surface area (Å²) in [5.41, 5.74) is 3.43. The molecule has 5 nitrogen and oxygen atoms in total. The van der Waals surface area contributed by atoms with Gasteiger partial charge in [-0.1, -0.05) is 18.2 Å². The van der Waals surface area contributed by atoms with Crippen molar-refractivity contribution in [3.63, 3.8) is 0 Å². The Morgan fingerprint density at radius 1 is 1.07 bits per heavy atom. The van der Waals surface area contributed by atoms with E-state index in [0.717, 1.165) is 27.4 Å². The third-order valence-electron chi connectivity index (χ3n) is 4.63. The Morgan fingerprint density at radius 2 is 1.89 bits per heavy atom. The SMILES string of the molecule is CC/N=c1\ccc2c(-c3ccccc3C(=O)OC)c3ccc(O)cc3oc-2c1. The van der Waals surface area contributed by atoms with Crippen molar-refractivity contribution < 1.29 is 19.1 Å². The predicted molar refractivity (Wildman–Crippen MR) is 107 cm³/mol. The van der Waals surface area contributed by atoms with Gasteiger partial charge in [0.05, 0.1) is 18.0 Å². The lowest BCUT2D eigenvalue weighted by atomic mass is 9.91. The third-order valence-corrected chi connectivity index (χ3v) is 4.63. The fourth-order valence-electron chi connectivity index (χ4n) is 3.43. The summed E-state index contributed by atoms with van der Waals surface area (Å²) in [6.07, 6.45) is 0. The van der Waals surface area contributed by atoms with Gasteiger partial charge in [-0.2, -0.15) is 0 Å². The number of benzene rings is 3. The molecule has 0 spiro atoms. The van der Waals surface area contributed by atoms with Gasteiger partial charge in [0, 0.05) is 35.2 Å². The van der Waals surface area contributed by atoms with Gasteiger partial charge in [0.25, 0.3) is 0 Å². The van der Waals surface area contributed by atoms with Crippen LogP contribution >= 0.6 is 0 Å². The van der Waals surface area contributed by atoms with Gasteiger partial charge >= 0.3 is 5.97 Å². The molecule has 0 fully saturated rings. The Bertz CT molecular complexity index is 1220. The summed E-state index contributed by atoms with van der Waals surface area (Å²) < 4.78 is 11.0. The topological polar surface area (TPSA) is 72.0 Å². The van der Waals surface area contributed by atoms with Crippen molar-refractivity contribution >= 4 is 16.9 Å². The second-order valence-corrected chi connectivity index (χ2v) is 6.35. The van der Waals surface area contributed by atoms with E-state index in [1.54, 1.807) is 30.3 Å². The minimum Gasteiger partial charge on any atom is -0.508 e. The Morgan fingerprint density at radius 3 is 2.68 bits per heavy atom. The van der Waals surface area contributed by atoms with Gasteiger partial charge in [0.2, 0.25) is 0 Å². The van der Waals surface area contributed by atoms with E-state index in [0.29, 0.717) is 23.5 Å². The number of fused-ring (bicyclic) bond motifs is 2. The summed E-state index contributed by atoms with van der Waals surface area (Å²) in [5.74, 6) is 0.328. The Kier molecular flexibility index (Phi) is 4.57. The van der Waals surface area contributed by atoms with Crippen LogP contribution in [-0.2, 0) is 4.74 Å². The fraction of sp³-hybridized carbons (Fsp3) is 0.130. The number of aromatic hydroxyl groups is 1. The van der Waals surface area contributed by atoms with Crippen LogP contribution in [0.15, 0.2) is 70.1 Å². The molecule has 2 aromatic rings. The van der Waals surface area contributed by atoms with Gasteiger partial charge < -0.3 is 14.3 Å². The third kappa shape index (κ3) is 3.01. The molecule has 1 aliphatic carbocycles. The summed E-state index contributed by atoms with van der Waals surface area (Å²) in [5, 5.41) is 11.5. The quantitative estimate of drug-likeness (QED) is 0.420. The zero-order valence-corrected chi connectivity index (χ0v) is 15.6. The highest BCUT2D eigenvalue weighted by Crippen LogP contribution is 2.41. The molecule has 0 unspecified atom stereocenters. The summed E-state index contributed by atoms with van der Waals surface area (Å²) in [6.45, 7) is 2.63. The molecule has 1 aliphatic heterocycles. The first-order chi connectivity index (χ1) is 13.6. The molecule has 28 heavy (non-hydrogen) atoms. The minimum atomic E-state index is -0.408. The number of hydrogen-bond donors (Lipinski definition) is 1. The molecule has 0 aromatic heterocycles. The van der Waals surface area contributed by atoms with E-state index >= 15 is 0 Å². The number of esters is 1. The first-order valence-electron chi connectivity index (χ1n) is 9.00. The van der Waals surface area contributed by atoms with Crippen LogP contribution in [-0.4, -0.2) is 24.7 Å². The van der Waals surface area contributed by atoms with Crippen molar-refractivity contribution in [2.45, 2.75) is 6.92 Å². The second-order valence-electron chi connectivity index (χ2n) is 6.35. The number of methoxy groups -OCH3 is 1. The zero-order valence-electron chi connectivity index (χ0n) is 15.6. The van der Waals surface area contributed by atoms with Crippen LogP contribution in [0.3, 0.4) is 0 Å². The Labute approximate surface area is 161 Å². The number of ether oxygens (including phenoxy) is 1. The van der Waals surface area contributed by atoms with E-state index in [1.165, 1.54) is 7.11 Å².